The molecule has 1 saturated heterocycles. The van der Waals surface area contributed by atoms with Crippen molar-refractivity contribution in [2.75, 3.05) is 13.1 Å². The minimum absolute atomic E-state index is 0.533. The molecule has 0 radical (unpaired) electrons. The number of thiazole rings is 1. The lowest BCUT2D eigenvalue weighted by atomic mass is 9.99. The number of nitrogens with zero attached hydrogens (tertiary/aromatic N) is 3. The summed E-state index contributed by atoms with van der Waals surface area (Å²) < 4.78 is 0. The highest BCUT2D eigenvalue weighted by atomic mass is 32.1. The molecule has 1 aliphatic heterocycles. The molecule has 1 fully saturated rings. The van der Waals surface area contributed by atoms with Gasteiger partial charge in [-0.1, -0.05) is 12.1 Å². The zero-order valence-electron chi connectivity index (χ0n) is 10.4. The molecule has 1 aliphatic rings. The number of para-hydroxylation sites is 2. The number of aromatic amines is 1. The van der Waals surface area contributed by atoms with E-state index in [0.29, 0.717) is 5.92 Å². The largest absolute Gasteiger partial charge is 0.342 e. The number of hydrogen-bond donors (Lipinski definition) is 1. The summed E-state index contributed by atoms with van der Waals surface area (Å²) in [5.74, 6) is 1.65. The molecule has 0 unspecified atom stereocenters. The van der Waals surface area contributed by atoms with Gasteiger partial charge in [-0.2, -0.15) is 0 Å². The molecule has 3 aromatic rings. The molecule has 5 heteroatoms. The van der Waals surface area contributed by atoms with Crippen LogP contribution in [0.2, 0.25) is 0 Å². The second-order valence-electron chi connectivity index (χ2n) is 5.01. The number of nitrogens with one attached hydrogen (secondary N) is 1. The Bertz CT molecular complexity index is 649. The predicted octanol–water partition coefficient (Wildman–Crippen LogP) is 2.62. The van der Waals surface area contributed by atoms with E-state index in [-0.39, 0.29) is 0 Å². The fraction of sp³-hybridized carbons (Fsp3) is 0.286. The van der Waals surface area contributed by atoms with Gasteiger partial charge in [-0.15, -0.1) is 11.3 Å². The van der Waals surface area contributed by atoms with Crippen LogP contribution in [-0.2, 0) is 6.54 Å². The van der Waals surface area contributed by atoms with Gasteiger partial charge in [-0.3, -0.25) is 4.90 Å². The zero-order chi connectivity index (χ0) is 12.7. The smallest absolute Gasteiger partial charge is 0.112 e. The maximum Gasteiger partial charge on any atom is 0.112 e. The Labute approximate surface area is 115 Å². The minimum atomic E-state index is 0.533. The molecule has 1 aromatic carbocycles. The van der Waals surface area contributed by atoms with Crippen LogP contribution in [0, 0.1) is 0 Å². The van der Waals surface area contributed by atoms with Gasteiger partial charge >= 0.3 is 0 Å². The Kier molecular flexibility index (Phi) is 2.60. The minimum Gasteiger partial charge on any atom is -0.342 e. The number of benzene rings is 1. The normalized spacial score (nSPS) is 16.8. The first kappa shape index (κ1) is 11.1. The van der Waals surface area contributed by atoms with Gasteiger partial charge in [0.05, 0.1) is 22.2 Å². The third kappa shape index (κ3) is 2.05. The molecule has 96 valence electrons. The van der Waals surface area contributed by atoms with E-state index in [4.69, 9.17) is 0 Å². The van der Waals surface area contributed by atoms with Crippen LogP contribution >= 0.6 is 11.3 Å². The van der Waals surface area contributed by atoms with Gasteiger partial charge in [0.2, 0.25) is 0 Å². The van der Waals surface area contributed by atoms with Crippen LogP contribution in [0.1, 0.15) is 17.4 Å². The molecule has 0 spiro atoms. The summed E-state index contributed by atoms with van der Waals surface area (Å²) in [6, 6.07) is 8.21. The first-order valence-corrected chi connectivity index (χ1v) is 7.37. The van der Waals surface area contributed by atoms with Gasteiger partial charge in [-0.05, 0) is 12.1 Å². The first-order valence-electron chi connectivity index (χ1n) is 6.42. The van der Waals surface area contributed by atoms with Crippen LogP contribution in [0.3, 0.4) is 0 Å². The maximum atomic E-state index is 4.67. The number of aromatic nitrogens is 3. The SMILES string of the molecule is c1ccc2[nH]c(C3CN(Cc4cscn4)C3)nc2c1. The highest BCUT2D eigenvalue weighted by Crippen LogP contribution is 2.27. The van der Waals surface area contributed by atoms with Gasteiger partial charge in [0, 0.05) is 30.9 Å². The zero-order valence-corrected chi connectivity index (χ0v) is 11.2. The summed E-state index contributed by atoms with van der Waals surface area (Å²) in [7, 11) is 0. The van der Waals surface area contributed by atoms with E-state index in [1.165, 1.54) is 5.69 Å². The molecule has 1 N–H and O–H groups in total. The van der Waals surface area contributed by atoms with Crippen molar-refractivity contribution in [2.24, 2.45) is 0 Å². The number of rotatable bonds is 3. The van der Waals surface area contributed by atoms with Gasteiger partial charge in [0.15, 0.2) is 0 Å². The summed E-state index contributed by atoms with van der Waals surface area (Å²) in [5.41, 5.74) is 5.27. The van der Waals surface area contributed by atoms with Crippen LogP contribution in [0.4, 0.5) is 0 Å². The average molecular weight is 270 g/mol. The Hall–Kier alpha value is -1.72. The number of imidazole rings is 1. The molecule has 0 amide bonds. The van der Waals surface area contributed by atoms with Crippen molar-refractivity contribution in [3.8, 4) is 0 Å². The van der Waals surface area contributed by atoms with E-state index in [1.807, 2.05) is 17.6 Å². The number of H-pyrrole nitrogens is 1. The number of hydrogen-bond acceptors (Lipinski definition) is 4. The quantitative estimate of drug-likeness (QED) is 0.795. The van der Waals surface area contributed by atoms with Crippen LogP contribution in [0.15, 0.2) is 35.2 Å². The second kappa shape index (κ2) is 4.43. The van der Waals surface area contributed by atoms with E-state index in [0.717, 1.165) is 36.5 Å². The topological polar surface area (TPSA) is 44.8 Å². The highest BCUT2D eigenvalue weighted by molar-refractivity contribution is 7.07. The van der Waals surface area contributed by atoms with Crippen molar-refractivity contribution < 1.29 is 0 Å². The van der Waals surface area contributed by atoms with Crippen molar-refractivity contribution in [3.05, 3.63) is 46.7 Å². The van der Waals surface area contributed by atoms with Crippen LogP contribution in [-0.4, -0.2) is 32.9 Å². The molecule has 0 aliphatic carbocycles. The van der Waals surface area contributed by atoms with Gasteiger partial charge in [0.1, 0.15) is 5.82 Å². The first-order chi connectivity index (χ1) is 9.38. The predicted molar refractivity (Wildman–Crippen MR) is 76.2 cm³/mol. The molecular weight excluding hydrogens is 256 g/mol. The lowest BCUT2D eigenvalue weighted by Crippen LogP contribution is -2.44. The van der Waals surface area contributed by atoms with Crippen molar-refractivity contribution in [3.63, 3.8) is 0 Å². The number of likely N-dealkylation sites (tertiary alicyclic amines) is 1. The maximum absolute atomic E-state index is 4.67. The third-order valence-corrected chi connectivity index (χ3v) is 4.26. The fourth-order valence-electron chi connectivity index (χ4n) is 2.58. The summed E-state index contributed by atoms with van der Waals surface area (Å²) in [6.45, 7) is 3.09. The molecular formula is C14H14N4S. The molecule has 0 atom stereocenters. The van der Waals surface area contributed by atoms with E-state index in [1.54, 1.807) is 11.3 Å². The van der Waals surface area contributed by atoms with Gasteiger partial charge < -0.3 is 4.98 Å². The molecule has 2 aromatic heterocycles. The van der Waals surface area contributed by atoms with Crippen molar-refractivity contribution in [2.45, 2.75) is 12.5 Å². The summed E-state index contributed by atoms with van der Waals surface area (Å²) in [6.07, 6.45) is 0. The van der Waals surface area contributed by atoms with E-state index in [2.05, 4.69) is 37.4 Å². The Morgan fingerprint density at radius 1 is 1.32 bits per heavy atom. The number of fused-ring (bicyclic) bond motifs is 1. The standard InChI is InChI=1S/C14H14N4S/c1-2-4-13-12(3-1)16-14(17-13)10-5-18(6-10)7-11-8-19-9-15-11/h1-4,8-10H,5-7H2,(H,16,17). The Morgan fingerprint density at radius 3 is 3.00 bits per heavy atom. The van der Waals surface area contributed by atoms with E-state index >= 15 is 0 Å². The van der Waals surface area contributed by atoms with E-state index < -0.39 is 0 Å². The Balaban J connectivity index is 1.45. The summed E-state index contributed by atoms with van der Waals surface area (Å²) in [4.78, 5) is 14.8. The van der Waals surface area contributed by atoms with Gasteiger partial charge in [-0.25, -0.2) is 9.97 Å². The highest BCUT2D eigenvalue weighted by Gasteiger charge is 2.30. The molecule has 4 nitrogen and oxygen atoms in total. The second-order valence-corrected chi connectivity index (χ2v) is 5.73. The third-order valence-electron chi connectivity index (χ3n) is 3.62. The molecule has 0 bridgehead atoms. The van der Waals surface area contributed by atoms with E-state index in [9.17, 15) is 0 Å². The lowest BCUT2D eigenvalue weighted by molar-refractivity contribution is 0.134. The molecule has 19 heavy (non-hydrogen) atoms. The van der Waals surface area contributed by atoms with Crippen LogP contribution in [0.25, 0.3) is 11.0 Å². The Morgan fingerprint density at radius 2 is 2.21 bits per heavy atom. The van der Waals surface area contributed by atoms with Crippen molar-refractivity contribution in [1.29, 1.82) is 0 Å². The van der Waals surface area contributed by atoms with Crippen LogP contribution < -0.4 is 0 Å². The lowest BCUT2D eigenvalue weighted by Gasteiger charge is -2.37. The van der Waals surface area contributed by atoms with Crippen LogP contribution in [0.5, 0.6) is 0 Å². The molecule has 3 heterocycles. The summed E-state index contributed by atoms with van der Waals surface area (Å²) >= 11 is 1.66. The van der Waals surface area contributed by atoms with Gasteiger partial charge in [0.25, 0.3) is 0 Å². The molecule has 4 rings (SSSR count). The average Bonchev–Trinajstić information content (AvgIpc) is 3.01. The monoisotopic (exact) mass is 270 g/mol. The fourth-order valence-corrected chi connectivity index (χ4v) is 3.13. The van der Waals surface area contributed by atoms with Crippen molar-refractivity contribution >= 4 is 22.4 Å². The molecule has 0 saturated carbocycles. The van der Waals surface area contributed by atoms with Crippen molar-refractivity contribution in [1.82, 2.24) is 19.9 Å². The summed E-state index contributed by atoms with van der Waals surface area (Å²) in [5, 5.41) is 2.12.